The predicted octanol–water partition coefficient (Wildman–Crippen LogP) is 1.37. The van der Waals surface area contributed by atoms with Crippen molar-refractivity contribution in [3.05, 3.63) is 52.1 Å². The van der Waals surface area contributed by atoms with Gasteiger partial charge in [-0.05, 0) is 6.07 Å². The highest BCUT2D eigenvalue weighted by molar-refractivity contribution is 5.43. The van der Waals surface area contributed by atoms with E-state index in [0.29, 0.717) is 17.9 Å². The Hall–Kier alpha value is -2.41. The summed E-state index contributed by atoms with van der Waals surface area (Å²) >= 11 is 0. The minimum atomic E-state index is -0.454. The van der Waals surface area contributed by atoms with Gasteiger partial charge in [0, 0.05) is 31.3 Å². The molecule has 0 aliphatic carbocycles. The number of nitrogens with two attached hydrogens (primary N) is 1. The molecule has 2 rings (SSSR count). The Balaban J connectivity index is 2.16. The molecular formula is C12H14N4O3. The third kappa shape index (κ3) is 2.89. The standard InChI is InChI=1S/C12H14N4O3/c1-15-8-14-6-11(15)7-19-12-3-2-10(16(17)18)4-9(12)5-13/h2-4,6,8H,5,7,13H2,1H3. The molecule has 7 heteroatoms. The number of benzene rings is 1. The van der Waals surface area contributed by atoms with Gasteiger partial charge < -0.3 is 15.0 Å². The number of aryl methyl sites for hydroxylation is 1. The molecule has 1 aromatic carbocycles. The van der Waals surface area contributed by atoms with E-state index in [2.05, 4.69) is 4.98 Å². The van der Waals surface area contributed by atoms with E-state index in [0.717, 1.165) is 5.69 Å². The lowest BCUT2D eigenvalue weighted by atomic mass is 10.2. The molecule has 7 nitrogen and oxygen atoms in total. The number of imidazole rings is 1. The fourth-order valence-electron chi connectivity index (χ4n) is 1.66. The van der Waals surface area contributed by atoms with Crippen molar-refractivity contribution in [1.29, 1.82) is 0 Å². The fourth-order valence-corrected chi connectivity index (χ4v) is 1.66. The van der Waals surface area contributed by atoms with Gasteiger partial charge >= 0.3 is 0 Å². The van der Waals surface area contributed by atoms with Crippen LogP contribution in [0.3, 0.4) is 0 Å². The Bertz CT molecular complexity index is 594. The quantitative estimate of drug-likeness (QED) is 0.648. The topological polar surface area (TPSA) is 96.2 Å². The van der Waals surface area contributed by atoms with Crippen LogP contribution >= 0.6 is 0 Å². The average molecular weight is 262 g/mol. The summed E-state index contributed by atoms with van der Waals surface area (Å²) in [5, 5.41) is 10.7. The smallest absolute Gasteiger partial charge is 0.270 e. The van der Waals surface area contributed by atoms with E-state index in [1.54, 1.807) is 18.6 Å². The molecule has 0 radical (unpaired) electrons. The maximum absolute atomic E-state index is 10.7. The number of nitrogens with zero attached hydrogens (tertiary/aromatic N) is 3. The van der Waals surface area contributed by atoms with Crippen LogP contribution in [0.15, 0.2) is 30.7 Å². The summed E-state index contributed by atoms with van der Waals surface area (Å²) in [6.07, 6.45) is 3.38. The monoisotopic (exact) mass is 262 g/mol. The molecular weight excluding hydrogens is 248 g/mol. The first kappa shape index (κ1) is 13.0. The van der Waals surface area contributed by atoms with Gasteiger partial charge in [-0.3, -0.25) is 10.1 Å². The largest absolute Gasteiger partial charge is 0.487 e. The van der Waals surface area contributed by atoms with Crippen LogP contribution in [0, 0.1) is 10.1 Å². The lowest BCUT2D eigenvalue weighted by Crippen LogP contribution is -2.05. The molecule has 2 N–H and O–H groups in total. The van der Waals surface area contributed by atoms with Crippen LogP contribution in [0.5, 0.6) is 5.75 Å². The molecule has 2 aromatic rings. The summed E-state index contributed by atoms with van der Waals surface area (Å²) in [6, 6.07) is 4.40. The Labute approximate surface area is 109 Å². The minimum Gasteiger partial charge on any atom is -0.487 e. The molecule has 0 amide bonds. The summed E-state index contributed by atoms with van der Waals surface area (Å²) in [5.74, 6) is 0.550. The molecule has 0 saturated heterocycles. The summed E-state index contributed by atoms with van der Waals surface area (Å²) in [5.41, 5.74) is 7.10. The lowest BCUT2D eigenvalue weighted by molar-refractivity contribution is -0.384. The molecule has 19 heavy (non-hydrogen) atoms. The van der Waals surface area contributed by atoms with Crippen molar-refractivity contribution in [3.63, 3.8) is 0 Å². The molecule has 0 fully saturated rings. The van der Waals surface area contributed by atoms with Gasteiger partial charge in [-0.1, -0.05) is 0 Å². The van der Waals surface area contributed by atoms with Gasteiger partial charge in [-0.15, -0.1) is 0 Å². The maximum Gasteiger partial charge on any atom is 0.270 e. The molecule has 1 heterocycles. The molecule has 0 aliphatic heterocycles. The van der Waals surface area contributed by atoms with Crippen molar-refractivity contribution >= 4 is 5.69 Å². The zero-order valence-corrected chi connectivity index (χ0v) is 10.4. The van der Waals surface area contributed by atoms with Gasteiger partial charge in [0.15, 0.2) is 0 Å². The van der Waals surface area contributed by atoms with E-state index in [9.17, 15) is 10.1 Å². The first-order valence-corrected chi connectivity index (χ1v) is 5.67. The van der Waals surface area contributed by atoms with Crippen molar-refractivity contribution in [3.8, 4) is 5.75 Å². The Morgan fingerprint density at radius 2 is 2.32 bits per heavy atom. The summed E-state index contributed by atoms with van der Waals surface area (Å²) in [7, 11) is 1.87. The third-order valence-electron chi connectivity index (χ3n) is 2.77. The van der Waals surface area contributed by atoms with Crippen LogP contribution in [0.4, 0.5) is 5.69 Å². The van der Waals surface area contributed by atoms with Crippen LogP contribution in [-0.2, 0) is 20.2 Å². The molecule has 0 spiro atoms. The van der Waals surface area contributed by atoms with E-state index in [1.807, 2.05) is 11.6 Å². The van der Waals surface area contributed by atoms with Gasteiger partial charge in [0.2, 0.25) is 0 Å². The van der Waals surface area contributed by atoms with Gasteiger partial charge in [0.05, 0.1) is 23.1 Å². The second kappa shape index (κ2) is 5.49. The van der Waals surface area contributed by atoms with E-state index in [-0.39, 0.29) is 12.2 Å². The minimum absolute atomic E-state index is 0.00772. The van der Waals surface area contributed by atoms with Crippen molar-refractivity contribution in [2.24, 2.45) is 12.8 Å². The first-order valence-electron chi connectivity index (χ1n) is 5.67. The van der Waals surface area contributed by atoms with Crippen LogP contribution < -0.4 is 10.5 Å². The van der Waals surface area contributed by atoms with Crippen LogP contribution in [0.2, 0.25) is 0 Å². The Morgan fingerprint density at radius 3 is 2.89 bits per heavy atom. The van der Waals surface area contributed by atoms with Gasteiger partial charge in [0.25, 0.3) is 5.69 Å². The normalized spacial score (nSPS) is 10.4. The summed E-state index contributed by atoms with van der Waals surface area (Å²) < 4.78 is 7.47. The highest BCUT2D eigenvalue weighted by Crippen LogP contribution is 2.24. The van der Waals surface area contributed by atoms with E-state index < -0.39 is 4.92 Å². The van der Waals surface area contributed by atoms with E-state index in [1.165, 1.54) is 12.1 Å². The highest BCUT2D eigenvalue weighted by Gasteiger charge is 2.11. The number of non-ortho nitro benzene ring substituents is 1. The van der Waals surface area contributed by atoms with Crippen LogP contribution in [0.1, 0.15) is 11.3 Å². The summed E-state index contributed by atoms with van der Waals surface area (Å²) in [4.78, 5) is 14.2. The highest BCUT2D eigenvalue weighted by atomic mass is 16.6. The lowest BCUT2D eigenvalue weighted by Gasteiger charge is -2.10. The van der Waals surface area contributed by atoms with Crippen molar-refractivity contribution < 1.29 is 9.66 Å². The second-order valence-electron chi connectivity index (χ2n) is 4.04. The average Bonchev–Trinajstić information content (AvgIpc) is 2.81. The third-order valence-corrected chi connectivity index (χ3v) is 2.77. The van der Waals surface area contributed by atoms with Crippen molar-refractivity contribution in [2.45, 2.75) is 13.2 Å². The molecule has 0 saturated carbocycles. The fraction of sp³-hybridized carbons (Fsp3) is 0.250. The van der Waals surface area contributed by atoms with Gasteiger partial charge in [0.1, 0.15) is 12.4 Å². The first-order chi connectivity index (χ1) is 9.11. The number of nitro groups is 1. The number of nitro benzene ring substituents is 1. The van der Waals surface area contributed by atoms with Crippen LogP contribution in [0.25, 0.3) is 0 Å². The maximum atomic E-state index is 10.7. The SMILES string of the molecule is Cn1cncc1COc1ccc([N+](=O)[O-])cc1CN. The zero-order valence-electron chi connectivity index (χ0n) is 10.4. The van der Waals surface area contributed by atoms with E-state index in [4.69, 9.17) is 10.5 Å². The molecule has 0 aliphatic rings. The number of ether oxygens (including phenoxy) is 1. The summed E-state index contributed by atoms with van der Waals surface area (Å²) in [6.45, 7) is 0.518. The van der Waals surface area contributed by atoms with Gasteiger partial charge in [-0.2, -0.15) is 0 Å². The number of aromatic nitrogens is 2. The van der Waals surface area contributed by atoms with Crippen LogP contribution in [-0.4, -0.2) is 14.5 Å². The molecule has 0 unspecified atom stereocenters. The predicted molar refractivity (Wildman–Crippen MR) is 68.5 cm³/mol. The zero-order chi connectivity index (χ0) is 13.8. The molecule has 100 valence electrons. The Morgan fingerprint density at radius 1 is 1.53 bits per heavy atom. The Kier molecular flexibility index (Phi) is 3.76. The second-order valence-corrected chi connectivity index (χ2v) is 4.04. The molecule has 0 atom stereocenters. The molecule has 0 bridgehead atoms. The number of hydrogen-bond donors (Lipinski definition) is 1. The van der Waals surface area contributed by atoms with Crippen molar-refractivity contribution in [2.75, 3.05) is 0 Å². The molecule has 1 aromatic heterocycles. The van der Waals surface area contributed by atoms with Crippen molar-refractivity contribution in [1.82, 2.24) is 9.55 Å². The number of rotatable bonds is 5. The number of hydrogen-bond acceptors (Lipinski definition) is 5. The van der Waals surface area contributed by atoms with Gasteiger partial charge in [-0.25, -0.2) is 4.98 Å². The van der Waals surface area contributed by atoms with E-state index >= 15 is 0 Å².